The van der Waals surface area contributed by atoms with Gasteiger partial charge in [0.25, 0.3) is 5.88 Å². The van der Waals surface area contributed by atoms with Gasteiger partial charge in [0.15, 0.2) is 11.5 Å². The van der Waals surface area contributed by atoms with Gasteiger partial charge in [-0.05, 0) is 18.6 Å². The van der Waals surface area contributed by atoms with Crippen LogP contribution in [-0.2, 0) is 0 Å². The van der Waals surface area contributed by atoms with E-state index in [0.29, 0.717) is 6.42 Å². The first-order valence-electron chi connectivity index (χ1n) is 9.72. The number of hydrogen-bond donors (Lipinski definition) is 2. The van der Waals surface area contributed by atoms with Crippen molar-refractivity contribution < 1.29 is 17.9 Å². The monoisotopic (exact) mass is 454 g/mol. The van der Waals surface area contributed by atoms with Crippen molar-refractivity contribution in [3.8, 4) is 17.6 Å². The Hall–Kier alpha value is -4.40. The lowest BCUT2D eigenvalue weighted by Gasteiger charge is -2.20. The third-order valence-corrected chi connectivity index (χ3v) is 4.90. The summed E-state index contributed by atoms with van der Waals surface area (Å²) in [5, 5.41) is 12.5. The maximum atomic E-state index is 14.3. The predicted molar refractivity (Wildman–Crippen MR) is 113 cm³/mol. The molecule has 0 saturated heterocycles. The Morgan fingerprint density at radius 2 is 1.88 bits per heavy atom. The summed E-state index contributed by atoms with van der Waals surface area (Å²) in [4.78, 5) is 16.5. The topological polar surface area (TPSA) is 128 Å². The molecule has 33 heavy (non-hydrogen) atoms. The zero-order chi connectivity index (χ0) is 23.7. The molecule has 3 aromatic heterocycles. The molecule has 3 N–H and O–H groups in total. The summed E-state index contributed by atoms with van der Waals surface area (Å²) in [5.41, 5.74) is 6.13. The number of nitrogens with one attached hydrogen (secondary N) is 1. The maximum absolute atomic E-state index is 14.3. The number of nitrogen functional groups attached to an aromatic ring is 1. The molecule has 4 rings (SSSR count). The van der Waals surface area contributed by atoms with Crippen LogP contribution >= 0.6 is 0 Å². The molecule has 0 fully saturated rings. The molecule has 4 aromatic rings. The van der Waals surface area contributed by atoms with E-state index in [2.05, 4.69) is 25.3 Å². The highest BCUT2D eigenvalue weighted by Gasteiger charge is 2.25. The smallest absolute Gasteiger partial charge is 0.252 e. The van der Waals surface area contributed by atoms with Crippen LogP contribution in [-0.4, -0.2) is 31.6 Å². The number of methoxy groups -OCH3 is 1. The van der Waals surface area contributed by atoms with Gasteiger partial charge in [0.1, 0.15) is 52.6 Å². The van der Waals surface area contributed by atoms with Crippen LogP contribution in [0.5, 0.6) is 5.88 Å². The second kappa shape index (κ2) is 8.62. The molecule has 1 atom stereocenters. The number of imidazole rings is 1. The van der Waals surface area contributed by atoms with Crippen LogP contribution in [0.3, 0.4) is 0 Å². The number of fused-ring (bicyclic) bond motifs is 1. The van der Waals surface area contributed by atoms with E-state index in [4.69, 9.17) is 10.5 Å². The number of nitrogens with two attached hydrogens (primary N) is 1. The minimum absolute atomic E-state index is 0.0148. The average molecular weight is 454 g/mol. The van der Waals surface area contributed by atoms with Crippen molar-refractivity contribution >= 4 is 22.8 Å². The van der Waals surface area contributed by atoms with Gasteiger partial charge >= 0.3 is 0 Å². The lowest BCUT2D eigenvalue weighted by molar-refractivity contribution is 0.371. The fourth-order valence-corrected chi connectivity index (χ4v) is 3.41. The van der Waals surface area contributed by atoms with Crippen molar-refractivity contribution in [2.45, 2.75) is 19.4 Å². The highest BCUT2D eigenvalue weighted by atomic mass is 19.1. The number of rotatable bonds is 6. The Morgan fingerprint density at radius 1 is 1.15 bits per heavy atom. The zero-order valence-electron chi connectivity index (χ0n) is 17.5. The fraction of sp³-hybridized carbons (Fsp3) is 0.190. The average Bonchev–Trinajstić information content (AvgIpc) is 3.14. The number of anilines is 2. The number of halogens is 3. The molecule has 168 valence electrons. The van der Waals surface area contributed by atoms with Gasteiger partial charge < -0.3 is 15.8 Å². The summed E-state index contributed by atoms with van der Waals surface area (Å²) in [7, 11) is 1.25. The van der Waals surface area contributed by atoms with Crippen LogP contribution in [0.25, 0.3) is 16.9 Å². The van der Waals surface area contributed by atoms with Crippen LogP contribution in [0.15, 0.2) is 30.6 Å². The van der Waals surface area contributed by atoms with E-state index in [-0.39, 0.29) is 45.8 Å². The van der Waals surface area contributed by atoms with Crippen molar-refractivity contribution in [3.63, 3.8) is 0 Å². The zero-order valence-corrected chi connectivity index (χ0v) is 17.5. The predicted octanol–water partition coefficient (Wildman–Crippen LogP) is 3.65. The molecule has 0 saturated carbocycles. The van der Waals surface area contributed by atoms with Crippen molar-refractivity contribution in [3.05, 3.63) is 59.4 Å². The molecule has 0 spiro atoms. The minimum atomic E-state index is -0.816. The van der Waals surface area contributed by atoms with Gasteiger partial charge in [-0.25, -0.2) is 28.1 Å². The number of aromatic nitrogens is 5. The minimum Gasteiger partial charge on any atom is -0.479 e. The molecule has 9 nitrogen and oxygen atoms in total. The van der Waals surface area contributed by atoms with E-state index >= 15 is 0 Å². The number of benzene rings is 1. The number of pyridine rings is 1. The summed E-state index contributed by atoms with van der Waals surface area (Å²) in [6.07, 6.45) is 1.59. The van der Waals surface area contributed by atoms with Gasteiger partial charge in [0.05, 0.1) is 18.8 Å². The molecule has 0 unspecified atom stereocenters. The van der Waals surface area contributed by atoms with E-state index in [1.807, 2.05) is 13.0 Å². The first-order chi connectivity index (χ1) is 15.9. The SMILES string of the molecule is CC[C@H](Nc1ncnc(N)c1C#N)c1nc2cc(F)c(OC)nc2n1-c1cc(F)cc(F)c1. The standard InChI is InChI=1S/C21H17F3N8O/c1-3-15(29-18-13(8-25)17(26)27-9-28-18)19-30-16-7-14(24)21(33-2)31-20(16)32(19)12-5-10(22)4-11(23)6-12/h4-7,9,15H,3H2,1-2H3,(H3,26,27,28,29)/t15-/m0/s1. The Labute approximate surface area is 185 Å². The van der Waals surface area contributed by atoms with Crippen LogP contribution in [0, 0.1) is 28.8 Å². The number of nitriles is 1. The quantitative estimate of drug-likeness (QED) is 0.452. The van der Waals surface area contributed by atoms with E-state index in [9.17, 15) is 18.4 Å². The molecule has 12 heteroatoms. The summed E-state index contributed by atoms with van der Waals surface area (Å²) >= 11 is 0. The van der Waals surface area contributed by atoms with Crippen LogP contribution < -0.4 is 15.8 Å². The molecule has 0 aliphatic carbocycles. The third kappa shape index (κ3) is 3.96. The highest BCUT2D eigenvalue weighted by Crippen LogP contribution is 2.31. The van der Waals surface area contributed by atoms with Crippen molar-refractivity contribution in [2.75, 3.05) is 18.2 Å². The Balaban J connectivity index is 1.96. The Kier molecular flexibility index (Phi) is 5.70. The van der Waals surface area contributed by atoms with E-state index in [1.54, 1.807) is 0 Å². The van der Waals surface area contributed by atoms with Crippen LogP contribution in [0.4, 0.5) is 24.8 Å². The van der Waals surface area contributed by atoms with Gasteiger partial charge in [-0.3, -0.25) is 4.57 Å². The second-order valence-corrected chi connectivity index (χ2v) is 6.95. The van der Waals surface area contributed by atoms with Gasteiger partial charge in [0.2, 0.25) is 0 Å². The van der Waals surface area contributed by atoms with Crippen molar-refractivity contribution in [1.29, 1.82) is 5.26 Å². The fourth-order valence-electron chi connectivity index (χ4n) is 3.41. The Bertz CT molecular complexity index is 1380. The number of hydrogen-bond acceptors (Lipinski definition) is 8. The van der Waals surface area contributed by atoms with Crippen molar-refractivity contribution in [2.24, 2.45) is 0 Å². The lowest BCUT2D eigenvalue weighted by atomic mass is 10.2. The van der Waals surface area contributed by atoms with Crippen LogP contribution in [0.2, 0.25) is 0 Å². The van der Waals surface area contributed by atoms with Gasteiger partial charge in [-0.2, -0.15) is 10.2 Å². The molecule has 0 amide bonds. The maximum Gasteiger partial charge on any atom is 0.252 e. The second-order valence-electron chi connectivity index (χ2n) is 6.95. The molecule has 3 heterocycles. The first-order valence-corrected chi connectivity index (χ1v) is 9.72. The highest BCUT2D eigenvalue weighted by molar-refractivity contribution is 5.75. The van der Waals surface area contributed by atoms with E-state index < -0.39 is 23.5 Å². The van der Waals surface area contributed by atoms with Gasteiger partial charge in [0, 0.05) is 12.1 Å². The third-order valence-electron chi connectivity index (χ3n) is 4.90. The number of nitrogens with zero attached hydrogens (tertiary/aromatic N) is 6. The van der Waals surface area contributed by atoms with Crippen molar-refractivity contribution in [1.82, 2.24) is 24.5 Å². The molecule has 1 aromatic carbocycles. The first kappa shape index (κ1) is 21.8. The Morgan fingerprint density at radius 3 is 2.52 bits per heavy atom. The summed E-state index contributed by atoms with van der Waals surface area (Å²) in [6, 6.07) is 5.35. The van der Waals surface area contributed by atoms with Gasteiger partial charge in [-0.1, -0.05) is 6.92 Å². The molecule has 0 aliphatic heterocycles. The lowest BCUT2D eigenvalue weighted by Crippen LogP contribution is -2.18. The molecular weight excluding hydrogens is 437 g/mol. The van der Waals surface area contributed by atoms with Gasteiger partial charge in [-0.15, -0.1) is 0 Å². The van der Waals surface area contributed by atoms with Crippen LogP contribution in [0.1, 0.15) is 30.8 Å². The summed E-state index contributed by atoms with van der Waals surface area (Å²) in [5.74, 6) is -2.30. The molecule has 0 bridgehead atoms. The van der Waals surface area contributed by atoms with E-state index in [1.165, 1.54) is 18.0 Å². The summed E-state index contributed by atoms with van der Waals surface area (Å²) < 4.78 is 48.8. The molecule has 0 aliphatic rings. The summed E-state index contributed by atoms with van der Waals surface area (Å²) in [6.45, 7) is 1.82. The largest absolute Gasteiger partial charge is 0.479 e. The van der Waals surface area contributed by atoms with E-state index in [0.717, 1.165) is 24.3 Å². The molecular formula is C21H17F3N8O. The number of ether oxygens (including phenoxy) is 1. The normalized spacial score (nSPS) is 11.9. The molecule has 0 radical (unpaired) electrons.